The highest BCUT2D eigenvalue weighted by Crippen LogP contribution is 2.30. The number of morpholine rings is 1. The van der Waals surface area contributed by atoms with Gasteiger partial charge in [-0.1, -0.05) is 31.2 Å². The summed E-state index contributed by atoms with van der Waals surface area (Å²) in [6.07, 6.45) is 4.35. The zero-order valence-corrected chi connectivity index (χ0v) is 12.4. The van der Waals surface area contributed by atoms with Crippen LogP contribution in [0.15, 0.2) is 24.3 Å². The van der Waals surface area contributed by atoms with Crippen molar-refractivity contribution in [2.45, 2.75) is 50.8 Å². The lowest BCUT2D eigenvalue weighted by Crippen LogP contribution is -2.47. The molecule has 0 spiro atoms. The smallest absolute Gasteiger partial charge is 0.0731 e. The van der Waals surface area contributed by atoms with Gasteiger partial charge in [0.2, 0.25) is 0 Å². The maximum Gasteiger partial charge on any atom is 0.0731 e. The molecule has 3 atom stereocenters. The molecule has 0 amide bonds. The van der Waals surface area contributed by atoms with Crippen LogP contribution >= 0.6 is 0 Å². The summed E-state index contributed by atoms with van der Waals surface area (Å²) in [6, 6.07) is 9.65. The van der Waals surface area contributed by atoms with Gasteiger partial charge in [0.15, 0.2) is 0 Å². The molecule has 2 N–H and O–H groups in total. The van der Waals surface area contributed by atoms with Crippen molar-refractivity contribution >= 4 is 0 Å². The summed E-state index contributed by atoms with van der Waals surface area (Å²) in [5, 5.41) is 0. The Morgan fingerprint density at radius 3 is 2.85 bits per heavy atom. The average molecular weight is 274 g/mol. The first-order valence-electron chi connectivity index (χ1n) is 7.92. The van der Waals surface area contributed by atoms with E-state index in [1.807, 2.05) is 0 Å². The number of rotatable bonds is 4. The van der Waals surface area contributed by atoms with E-state index in [0.29, 0.717) is 24.6 Å². The molecule has 0 radical (unpaired) electrons. The van der Waals surface area contributed by atoms with Gasteiger partial charge in [-0.05, 0) is 42.9 Å². The third-order valence-electron chi connectivity index (χ3n) is 4.89. The summed E-state index contributed by atoms with van der Waals surface area (Å²) in [4.78, 5) is 2.61. The van der Waals surface area contributed by atoms with Gasteiger partial charge >= 0.3 is 0 Å². The number of benzene rings is 1. The fraction of sp³-hybridized carbons (Fsp3) is 0.647. The normalized spacial score (nSPS) is 28.3. The van der Waals surface area contributed by atoms with Crippen LogP contribution in [0, 0.1) is 0 Å². The lowest BCUT2D eigenvalue weighted by atomic mass is 9.99. The third-order valence-corrected chi connectivity index (χ3v) is 4.89. The fourth-order valence-corrected chi connectivity index (χ4v) is 3.52. The molecule has 1 aromatic rings. The van der Waals surface area contributed by atoms with E-state index in [1.165, 1.54) is 30.4 Å². The molecule has 110 valence electrons. The van der Waals surface area contributed by atoms with Crippen LogP contribution in [0.1, 0.15) is 43.2 Å². The Hall–Kier alpha value is -0.900. The van der Waals surface area contributed by atoms with Gasteiger partial charge in [0.05, 0.1) is 12.7 Å². The molecule has 2 fully saturated rings. The third kappa shape index (κ3) is 2.90. The van der Waals surface area contributed by atoms with Crippen molar-refractivity contribution in [3.8, 4) is 0 Å². The van der Waals surface area contributed by atoms with Crippen molar-refractivity contribution in [3.63, 3.8) is 0 Å². The summed E-state index contributed by atoms with van der Waals surface area (Å²) in [6.45, 7) is 5.92. The number of nitrogens with two attached hydrogens (primary N) is 1. The maximum absolute atomic E-state index is 5.88. The van der Waals surface area contributed by atoms with Crippen molar-refractivity contribution in [3.05, 3.63) is 35.4 Å². The van der Waals surface area contributed by atoms with Gasteiger partial charge in [-0.25, -0.2) is 0 Å². The van der Waals surface area contributed by atoms with Gasteiger partial charge < -0.3 is 10.5 Å². The van der Waals surface area contributed by atoms with Crippen molar-refractivity contribution in [1.29, 1.82) is 0 Å². The molecule has 1 saturated heterocycles. The highest BCUT2D eigenvalue weighted by atomic mass is 16.5. The standard InChI is InChI=1S/C17H26N2O/c1-13(11-18)15-7-5-14(6-8-15)12-19-9-10-20-17-4-2-3-16(17)19/h5-8,13,16-17H,2-4,9-12,18H2,1H3. The number of fused-ring (bicyclic) bond motifs is 1. The number of nitrogens with zero attached hydrogens (tertiary/aromatic N) is 1. The van der Waals surface area contributed by atoms with Gasteiger partial charge in [0, 0.05) is 19.1 Å². The van der Waals surface area contributed by atoms with Crippen LogP contribution in [0.2, 0.25) is 0 Å². The highest BCUT2D eigenvalue weighted by Gasteiger charge is 2.35. The Balaban J connectivity index is 1.65. The molecule has 0 aromatic heterocycles. The summed E-state index contributed by atoms with van der Waals surface area (Å²) in [7, 11) is 0. The van der Waals surface area contributed by atoms with E-state index < -0.39 is 0 Å². The molecule has 1 aliphatic heterocycles. The Labute approximate surface area is 122 Å². The summed E-state index contributed by atoms with van der Waals surface area (Å²) in [5.74, 6) is 0.451. The lowest BCUT2D eigenvalue weighted by molar-refractivity contribution is -0.0588. The van der Waals surface area contributed by atoms with Crippen molar-refractivity contribution < 1.29 is 4.74 Å². The minimum absolute atomic E-state index is 0.451. The molecule has 20 heavy (non-hydrogen) atoms. The molecule has 1 heterocycles. The molecule has 1 aromatic carbocycles. The Bertz CT molecular complexity index is 431. The quantitative estimate of drug-likeness (QED) is 0.917. The van der Waals surface area contributed by atoms with Crippen LogP contribution < -0.4 is 5.73 Å². The minimum Gasteiger partial charge on any atom is -0.375 e. The maximum atomic E-state index is 5.88. The van der Waals surface area contributed by atoms with E-state index in [4.69, 9.17) is 10.5 Å². The lowest BCUT2D eigenvalue weighted by Gasteiger charge is -2.37. The van der Waals surface area contributed by atoms with Crippen LogP contribution in [0.5, 0.6) is 0 Å². The summed E-state index contributed by atoms with van der Waals surface area (Å²) in [5.41, 5.74) is 8.48. The Morgan fingerprint density at radius 1 is 1.30 bits per heavy atom. The minimum atomic E-state index is 0.451. The van der Waals surface area contributed by atoms with E-state index in [-0.39, 0.29) is 0 Å². The predicted molar refractivity (Wildman–Crippen MR) is 81.7 cm³/mol. The van der Waals surface area contributed by atoms with Gasteiger partial charge in [0.1, 0.15) is 0 Å². The van der Waals surface area contributed by atoms with E-state index in [0.717, 1.165) is 19.7 Å². The van der Waals surface area contributed by atoms with E-state index in [1.54, 1.807) is 0 Å². The Kier molecular flexibility index (Phi) is 4.39. The van der Waals surface area contributed by atoms with Gasteiger partial charge in [-0.3, -0.25) is 4.90 Å². The largest absolute Gasteiger partial charge is 0.375 e. The molecule has 3 rings (SSSR count). The first-order valence-corrected chi connectivity index (χ1v) is 7.92. The van der Waals surface area contributed by atoms with Gasteiger partial charge in [-0.15, -0.1) is 0 Å². The van der Waals surface area contributed by atoms with Crippen molar-refractivity contribution in [2.24, 2.45) is 5.73 Å². The fourth-order valence-electron chi connectivity index (χ4n) is 3.52. The second kappa shape index (κ2) is 6.25. The second-order valence-electron chi connectivity index (χ2n) is 6.26. The zero-order chi connectivity index (χ0) is 13.9. The van der Waals surface area contributed by atoms with Gasteiger partial charge in [-0.2, -0.15) is 0 Å². The average Bonchev–Trinajstić information content (AvgIpc) is 2.97. The van der Waals surface area contributed by atoms with Gasteiger partial charge in [0.25, 0.3) is 0 Å². The molecule has 2 aliphatic rings. The van der Waals surface area contributed by atoms with Crippen molar-refractivity contribution in [2.75, 3.05) is 19.7 Å². The molecule has 1 saturated carbocycles. The number of ether oxygens (including phenoxy) is 1. The van der Waals surface area contributed by atoms with Crippen LogP contribution in [0.3, 0.4) is 0 Å². The monoisotopic (exact) mass is 274 g/mol. The van der Waals surface area contributed by atoms with Crippen LogP contribution in [0.25, 0.3) is 0 Å². The number of hydrogen-bond acceptors (Lipinski definition) is 3. The molecule has 0 bridgehead atoms. The van der Waals surface area contributed by atoms with Crippen LogP contribution in [0.4, 0.5) is 0 Å². The van der Waals surface area contributed by atoms with E-state index in [9.17, 15) is 0 Å². The van der Waals surface area contributed by atoms with E-state index >= 15 is 0 Å². The first-order chi connectivity index (χ1) is 9.78. The Morgan fingerprint density at radius 2 is 2.10 bits per heavy atom. The summed E-state index contributed by atoms with van der Waals surface area (Å²) >= 11 is 0. The molecule has 1 aliphatic carbocycles. The molecular formula is C17H26N2O. The molecule has 3 heteroatoms. The van der Waals surface area contributed by atoms with Crippen molar-refractivity contribution in [1.82, 2.24) is 4.90 Å². The first kappa shape index (κ1) is 14.1. The molecule has 3 unspecified atom stereocenters. The van der Waals surface area contributed by atoms with E-state index in [2.05, 4.69) is 36.1 Å². The summed E-state index contributed by atoms with van der Waals surface area (Å²) < 4.78 is 5.88. The zero-order valence-electron chi connectivity index (χ0n) is 12.4. The number of hydrogen-bond donors (Lipinski definition) is 1. The highest BCUT2D eigenvalue weighted by molar-refractivity contribution is 5.25. The predicted octanol–water partition coefficient (Wildman–Crippen LogP) is 2.50. The second-order valence-corrected chi connectivity index (χ2v) is 6.26. The van der Waals surface area contributed by atoms with Crippen LogP contribution in [-0.2, 0) is 11.3 Å². The topological polar surface area (TPSA) is 38.5 Å². The van der Waals surface area contributed by atoms with Crippen LogP contribution in [-0.4, -0.2) is 36.7 Å². The SMILES string of the molecule is CC(CN)c1ccc(CN2CCOC3CCCC32)cc1. The molecule has 3 nitrogen and oxygen atoms in total. The molecular weight excluding hydrogens is 248 g/mol.